The molecular weight excluding hydrogens is 218 g/mol. The Kier molecular flexibility index (Phi) is 5.20. The van der Waals surface area contributed by atoms with Crippen LogP contribution in [-0.2, 0) is 9.53 Å². The van der Waals surface area contributed by atoms with Crippen LogP contribution in [0.4, 0.5) is 0 Å². The minimum absolute atomic E-state index is 0.0651. The van der Waals surface area contributed by atoms with Crippen molar-refractivity contribution in [2.75, 3.05) is 7.11 Å². The van der Waals surface area contributed by atoms with Gasteiger partial charge in [-0.05, 0) is 17.9 Å². The molecule has 0 aliphatic rings. The van der Waals surface area contributed by atoms with Gasteiger partial charge < -0.3 is 9.94 Å². The van der Waals surface area contributed by atoms with Gasteiger partial charge in [0.25, 0.3) is 0 Å². The minimum atomic E-state index is -0.576. The molecule has 0 bridgehead atoms. The first-order valence-electron chi connectivity index (χ1n) is 5.53. The van der Waals surface area contributed by atoms with Crippen molar-refractivity contribution in [3.63, 3.8) is 0 Å². The van der Waals surface area contributed by atoms with Crippen LogP contribution in [0.3, 0.4) is 0 Å². The van der Waals surface area contributed by atoms with Gasteiger partial charge in [0.05, 0.1) is 7.11 Å². The summed E-state index contributed by atoms with van der Waals surface area (Å²) in [5.41, 5.74) is 1.27. The van der Waals surface area contributed by atoms with Gasteiger partial charge in [-0.15, -0.1) is 0 Å². The van der Waals surface area contributed by atoms with Gasteiger partial charge in [-0.3, -0.25) is 0 Å². The van der Waals surface area contributed by atoms with E-state index in [2.05, 4.69) is 16.8 Å². The molecule has 0 saturated carbocycles. The average Bonchev–Trinajstić information content (AvgIpc) is 2.39. The van der Waals surface area contributed by atoms with Gasteiger partial charge in [0.2, 0.25) is 0 Å². The Hall–Kier alpha value is -1.84. The standard InChI is InChI=1S/C13H17NO3/c1-10(11-6-4-3-5-7-11)8-9-12(14-16)13(15)17-2/h3-7,10,16H,8-9H2,1-2H3. The molecule has 0 aliphatic heterocycles. The lowest BCUT2D eigenvalue weighted by Gasteiger charge is -2.11. The normalized spacial score (nSPS) is 13.2. The number of carbonyl (C=O) groups excluding carboxylic acids is 1. The number of rotatable bonds is 5. The molecular formula is C13H17NO3. The third kappa shape index (κ3) is 3.90. The summed E-state index contributed by atoms with van der Waals surface area (Å²) in [5, 5.41) is 11.7. The predicted octanol–water partition coefficient (Wildman–Crippen LogP) is 2.57. The van der Waals surface area contributed by atoms with E-state index in [-0.39, 0.29) is 5.71 Å². The van der Waals surface area contributed by atoms with Crippen molar-refractivity contribution >= 4 is 11.7 Å². The number of nitrogens with zero attached hydrogens (tertiary/aromatic N) is 1. The van der Waals surface area contributed by atoms with E-state index in [0.29, 0.717) is 12.3 Å². The summed E-state index contributed by atoms with van der Waals surface area (Å²) in [6, 6.07) is 10.0. The van der Waals surface area contributed by atoms with Crippen LogP contribution in [0.2, 0.25) is 0 Å². The number of hydrogen-bond donors (Lipinski definition) is 1. The Morgan fingerprint density at radius 2 is 2.06 bits per heavy atom. The molecule has 1 rings (SSSR count). The first-order chi connectivity index (χ1) is 8.19. The van der Waals surface area contributed by atoms with E-state index in [1.165, 1.54) is 12.7 Å². The largest absolute Gasteiger partial charge is 0.464 e. The Morgan fingerprint density at radius 1 is 1.41 bits per heavy atom. The van der Waals surface area contributed by atoms with Gasteiger partial charge in [-0.25, -0.2) is 4.79 Å². The molecule has 0 saturated heterocycles. The second-order valence-corrected chi connectivity index (χ2v) is 3.89. The Balaban J connectivity index is 2.53. The second kappa shape index (κ2) is 6.68. The molecule has 4 nitrogen and oxygen atoms in total. The zero-order valence-corrected chi connectivity index (χ0v) is 10.1. The lowest BCUT2D eigenvalue weighted by atomic mass is 9.95. The third-order valence-electron chi connectivity index (χ3n) is 2.72. The predicted molar refractivity (Wildman–Crippen MR) is 65.3 cm³/mol. The van der Waals surface area contributed by atoms with Gasteiger partial charge in [-0.1, -0.05) is 42.4 Å². The van der Waals surface area contributed by atoms with E-state index in [4.69, 9.17) is 5.21 Å². The summed E-state index contributed by atoms with van der Waals surface area (Å²) in [4.78, 5) is 11.2. The minimum Gasteiger partial charge on any atom is -0.464 e. The molecule has 0 spiro atoms. The van der Waals surface area contributed by atoms with Crippen LogP contribution in [0.25, 0.3) is 0 Å². The molecule has 1 atom stereocenters. The zero-order chi connectivity index (χ0) is 12.7. The quantitative estimate of drug-likeness (QED) is 0.369. The summed E-state index contributed by atoms with van der Waals surface area (Å²) in [5.74, 6) is -0.273. The van der Waals surface area contributed by atoms with Crippen molar-refractivity contribution in [1.29, 1.82) is 0 Å². The van der Waals surface area contributed by atoms with E-state index < -0.39 is 5.97 Å². The molecule has 0 radical (unpaired) electrons. The molecule has 1 unspecified atom stereocenters. The molecule has 1 aromatic carbocycles. The molecule has 17 heavy (non-hydrogen) atoms. The summed E-state index contributed by atoms with van der Waals surface area (Å²) in [6.07, 6.45) is 1.14. The zero-order valence-electron chi connectivity index (χ0n) is 10.1. The van der Waals surface area contributed by atoms with Crippen LogP contribution in [0.5, 0.6) is 0 Å². The highest BCUT2D eigenvalue weighted by Gasteiger charge is 2.14. The van der Waals surface area contributed by atoms with Crippen LogP contribution in [0.15, 0.2) is 35.5 Å². The van der Waals surface area contributed by atoms with Gasteiger partial charge >= 0.3 is 5.97 Å². The van der Waals surface area contributed by atoms with E-state index in [1.54, 1.807) is 0 Å². The number of hydrogen-bond acceptors (Lipinski definition) is 4. The number of esters is 1. The van der Waals surface area contributed by atoms with Gasteiger partial charge in [-0.2, -0.15) is 0 Å². The first-order valence-corrected chi connectivity index (χ1v) is 5.53. The highest BCUT2D eigenvalue weighted by molar-refractivity contribution is 6.36. The molecule has 4 heteroatoms. The van der Waals surface area contributed by atoms with Crippen molar-refractivity contribution in [1.82, 2.24) is 0 Å². The van der Waals surface area contributed by atoms with E-state index in [0.717, 1.165) is 6.42 Å². The monoisotopic (exact) mass is 235 g/mol. The lowest BCUT2D eigenvalue weighted by Crippen LogP contribution is -2.16. The van der Waals surface area contributed by atoms with Crippen LogP contribution in [0, 0.1) is 0 Å². The van der Waals surface area contributed by atoms with E-state index in [1.807, 2.05) is 30.3 Å². The third-order valence-corrected chi connectivity index (χ3v) is 2.72. The summed E-state index contributed by atoms with van der Waals surface area (Å²) in [6.45, 7) is 2.07. The topological polar surface area (TPSA) is 58.9 Å². The Morgan fingerprint density at radius 3 is 2.59 bits per heavy atom. The molecule has 0 heterocycles. The summed E-state index contributed by atoms with van der Waals surface area (Å²) >= 11 is 0. The van der Waals surface area contributed by atoms with E-state index in [9.17, 15) is 4.79 Å². The molecule has 1 aromatic rings. The SMILES string of the molecule is COC(=O)C(CCC(C)c1ccccc1)=NO. The number of methoxy groups -OCH3 is 1. The van der Waals surface area contributed by atoms with Crippen LogP contribution in [0.1, 0.15) is 31.2 Å². The summed E-state index contributed by atoms with van der Waals surface area (Å²) < 4.78 is 4.51. The Bertz CT molecular complexity index is 387. The van der Waals surface area contributed by atoms with E-state index >= 15 is 0 Å². The fourth-order valence-corrected chi connectivity index (χ4v) is 1.61. The van der Waals surface area contributed by atoms with Gasteiger partial charge in [0.15, 0.2) is 5.71 Å². The van der Waals surface area contributed by atoms with Crippen molar-refractivity contribution in [3.05, 3.63) is 35.9 Å². The fraction of sp³-hybridized carbons (Fsp3) is 0.385. The number of ether oxygens (including phenoxy) is 1. The molecule has 0 fully saturated rings. The van der Waals surface area contributed by atoms with Gasteiger partial charge in [0.1, 0.15) is 0 Å². The average molecular weight is 235 g/mol. The second-order valence-electron chi connectivity index (χ2n) is 3.89. The number of carbonyl (C=O) groups is 1. The maximum Gasteiger partial charge on any atom is 0.355 e. The Labute approximate surface area is 101 Å². The number of benzene rings is 1. The fourth-order valence-electron chi connectivity index (χ4n) is 1.61. The number of oxime groups is 1. The van der Waals surface area contributed by atoms with Gasteiger partial charge in [0, 0.05) is 6.42 Å². The smallest absolute Gasteiger partial charge is 0.355 e. The maximum atomic E-state index is 11.2. The van der Waals surface area contributed by atoms with Crippen LogP contribution < -0.4 is 0 Å². The lowest BCUT2D eigenvalue weighted by molar-refractivity contribution is -0.133. The highest BCUT2D eigenvalue weighted by atomic mass is 16.5. The molecule has 92 valence electrons. The van der Waals surface area contributed by atoms with Crippen LogP contribution >= 0.6 is 0 Å². The van der Waals surface area contributed by atoms with Crippen molar-refractivity contribution in [2.45, 2.75) is 25.7 Å². The van der Waals surface area contributed by atoms with Crippen molar-refractivity contribution in [3.8, 4) is 0 Å². The van der Waals surface area contributed by atoms with Crippen LogP contribution in [-0.4, -0.2) is 24.0 Å². The molecule has 1 N–H and O–H groups in total. The summed E-state index contributed by atoms with van der Waals surface area (Å²) in [7, 11) is 1.27. The molecule has 0 amide bonds. The maximum absolute atomic E-state index is 11.2. The first kappa shape index (κ1) is 13.2. The van der Waals surface area contributed by atoms with Crippen molar-refractivity contribution < 1.29 is 14.7 Å². The highest BCUT2D eigenvalue weighted by Crippen LogP contribution is 2.20. The molecule has 0 aromatic heterocycles. The molecule has 0 aliphatic carbocycles. The van der Waals surface area contributed by atoms with Crippen molar-refractivity contribution in [2.24, 2.45) is 5.16 Å².